The number of hydrogen-bond donors (Lipinski definition) is 1. The van der Waals surface area contributed by atoms with Gasteiger partial charge in [-0.3, -0.25) is 9.59 Å². The van der Waals surface area contributed by atoms with Crippen molar-refractivity contribution in [3.63, 3.8) is 0 Å². The van der Waals surface area contributed by atoms with Crippen molar-refractivity contribution in [2.75, 3.05) is 13.1 Å². The first-order valence-corrected chi connectivity index (χ1v) is 8.63. The third kappa shape index (κ3) is 4.19. The fourth-order valence-corrected chi connectivity index (χ4v) is 3.05. The molecule has 138 valence electrons. The van der Waals surface area contributed by atoms with Crippen LogP contribution < -0.4 is 5.32 Å². The molecule has 0 atom stereocenters. The Morgan fingerprint density at radius 1 is 1.38 bits per heavy atom. The summed E-state index contributed by atoms with van der Waals surface area (Å²) in [6.07, 6.45) is 1.53. The van der Waals surface area contributed by atoms with Crippen LogP contribution in [0.25, 0.3) is 0 Å². The SMILES string of the molecule is CC(=O)N1CCC(c2noc(CNC(=O)c3cc(Cl)ccc3F)n2)CC1. The Morgan fingerprint density at radius 3 is 2.81 bits per heavy atom. The van der Waals surface area contributed by atoms with Gasteiger partial charge >= 0.3 is 0 Å². The molecule has 0 bridgehead atoms. The summed E-state index contributed by atoms with van der Waals surface area (Å²) in [5, 5.41) is 6.76. The highest BCUT2D eigenvalue weighted by molar-refractivity contribution is 6.31. The highest BCUT2D eigenvalue weighted by Gasteiger charge is 2.25. The Bertz CT molecular complexity index is 818. The molecule has 1 aliphatic rings. The fourth-order valence-electron chi connectivity index (χ4n) is 2.88. The molecule has 2 heterocycles. The minimum atomic E-state index is -0.657. The van der Waals surface area contributed by atoms with Gasteiger partial charge in [0.15, 0.2) is 5.82 Å². The van der Waals surface area contributed by atoms with E-state index in [1.165, 1.54) is 12.1 Å². The number of likely N-dealkylation sites (tertiary alicyclic amines) is 1. The number of carbonyl (C=O) groups is 2. The lowest BCUT2D eigenvalue weighted by Crippen LogP contribution is -2.36. The average Bonchev–Trinajstić information content (AvgIpc) is 3.11. The van der Waals surface area contributed by atoms with Crippen molar-refractivity contribution in [3.8, 4) is 0 Å². The third-order valence-corrected chi connectivity index (χ3v) is 4.60. The summed E-state index contributed by atoms with van der Waals surface area (Å²) in [5.41, 5.74) is -0.145. The molecule has 0 aliphatic carbocycles. The summed E-state index contributed by atoms with van der Waals surface area (Å²) in [6, 6.07) is 3.76. The standard InChI is InChI=1S/C17H18ClFN4O3/c1-10(24)23-6-4-11(5-7-23)16-21-15(26-22-16)9-20-17(25)13-8-12(18)2-3-14(13)19/h2-3,8,11H,4-7,9H2,1H3,(H,20,25). The molecule has 0 saturated carbocycles. The van der Waals surface area contributed by atoms with Crippen LogP contribution in [-0.4, -0.2) is 39.9 Å². The smallest absolute Gasteiger partial charge is 0.254 e. The van der Waals surface area contributed by atoms with E-state index in [9.17, 15) is 14.0 Å². The number of hydrogen-bond acceptors (Lipinski definition) is 5. The number of amides is 2. The summed E-state index contributed by atoms with van der Waals surface area (Å²) in [6.45, 7) is 2.87. The molecule has 0 unspecified atom stereocenters. The fraction of sp³-hybridized carbons (Fsp3) is 0.412. The van der Waals surface area contributed by atoms with Gasteiger partial charge in [-0.15, -0.1) is 0 Å². The van der Waals surface area contributed by atoms with E-state index in [0.29, 0.717) is 18.9 Å². The average molecular weight is 381 g/mol. The number of benzene rings is 1. The van der Waals surface area contributed by atoms with E-state index in [4.69, 9.17) is 16.1 Å². The van der Waals surface area contributed by atoms with Gasteiger partial charge in [0.2, 0.25) is 11.8 Å². The quantitative estimate of drug-likeness (QED) is 0.880. The second-order valence-electron chi connectivity index (χ2n) is 6.13. The normalized spacial score (nSPS) is 15.1. The first kappa shape index (κ1) is 18.3. The second kappa shape index (κ2) is 7.82. The number of halogens is 2. The largest absolute Gasteiger partial charge is 0.343 e. The molecule has 1 fully saturated rings. The van der Waals surface area contributed by atoms with Gasteiger partial charge < -0.3 is 14.7 Å². The molecule has 0 spiro atoms. The molecule has 1 aliphatic heterocycles. The van der Waals surface area contributed by atoms with E-state index in [0.717, 1.165) is 18.9 Å². The minimum absolute atomic E-state index is 0.00984. The number of piperidine rings is 1. The lowest BCUT2D eigenvalue weighted by atomic mass is 9.96. The van der Waals surface area contributed by atoms with Gasteiger partial charge in [0, 0.05) is 31.0 Å². The summed E-state index contributed by atoms with van der Waals surface area (Å²) >= 11 is 5.79. The van der Waals surface area contributed by atoms with Crippen LogP contribution in [0.2, 0.25) is 5.02 Å². The van der Waals surface area contributed by atoms with Gasteiger partial charge in [0.25, 0.3) is 5.91 Å². The zero-order valence-electron chi connectivity index (χ0n) is 14.2. The van der Waals surface area contributed by atoms with Crippen molar-refractivity contribution >= 4 is 23.4 Å². The van der Waals surface area contributed by atoms with Crippen LogP contribution in [0.1, 0.15) is 47.8 Å². The monoisotopic (exact) mass is 380 g/mol. The van der Waals surface area contributed by atoms with Crippen LogP contribution in [-0.2, 0) is 11.3 Å². The van der Waals surface area contributed by atoms with Gasteiger partial charge in [-0.1, -0.05) is 16.8 Å². The molecule has 1 aromatic heterocycles. The van der Waals surface area contributed by atoms with E-state index < -0.39 is 11.7 Å². The molecule has 2 aromatic rings. The maximum absolute atomic E-state index is 13.7. The molecule has 0 radical (unpaired) electrons. The van der Waals surface area contributed by atoms with Crippen LogP contribution in [0.4, 0.5) is 4.39 Å². The first-order chi connectivity index (χ1) is 12.4. The molecular weight excluding hydrogens is 363 g/mol. The zero-order valence-corrected chi connectivity index (χ0v) is 14.9. The number of carbonyl (C=O) groups excluding carboxylic acids is 2. The van der Waals surface area contributed by atoms with Crippen LogP contribution >= 0.6 is 11.6 Å². The van der Waals surface area contributed by atoms with Crippen molar-refractivity contribution in [1.29, 1.82) is 0 Å². The number of nitrogens with one attached hydrogen (secondary N) is 1. The van der Waals surface area contributed by atoms with Crippen molar-refractivity contribution in [1.82, 2.24) is 20.4 Å². The van der Waals surface area contributed by atoms with Gasteiger partial charge in [-0.25, -0.2) is 4.39 Å². The van der Waals surface area contributed by atoms with E-state index in [1.54, 1.807) is 11.8 Å². The topological polar surface area (TPSA) is 88.3 Å². The Kier molecular flexibility index (Phi) is 5.51. The molecular formula is C17H18ClFN4O3. The van der Waals surface area contributed by atoms with Gasteiger partial charge in [0.1, 0.15) is 5.82 Å². The summed E-state index contributed by atoms with van der Waals surface area (Å²) in [5.74, 6) is -0.288. The molecule has 3 rings (SSSR count). The molecule has 7 nitrogen and oxygen atoms in total. The van der Waals surface area contributed by atoms with Crippen LogP contribution in [0, 0.1) is 5.82 Å². The Morgan fingerprint density at radius 2 is 2.12 bits per heavy atom. The van der Waals surface area contributed by atoms with Gasteiger partial charge in [-0.05, 0) is 31.0 Å². The van der Waals surface area contributed by atoms with Crippen molar-refractivity contribution in [3.05, 3.63) is 46.3 Å². The Labute approximate surface area is 154 Å². The highest BCUT2D eigenvalue weighted by atomic mass is 35.5. The molecule has 1 aromatic carbocycles. The summed E-state index contributed by atoms with van der Waals surface area (Å²) < 4.78 is 18.8. The van der Waals surface area contributed by atoms with Crippen molar-refractivity contribution < 1.29 is 18.5 Å². The van der Waals surface area contributed by atoms with E-state index in [1.807, 2.05) is 0 Å². The predicted octanol–water partition coefficient (Wildman–Crippen LogP) is 2.52. The van der Waals surface area contributed by atoms with E-state index in [2.05, 4.69) is 15.5 Å². The third-order valence-electron chi connectivity index (χ3n) is 4.36. The van der Waals surface area contributed by atoms with Crippen LogP contribution in [0.5, 0.6) is 0 Å². The molecule has 1 saturated heterocycles. The van der Waals surface area contributed by atoms with Gasteiger partial charge in [0.05, 0.1) is 12.1 Å². The van der Waals surface area contributed by atoms with Crippen molar-refractivity contribution in [2.45, 2.75) is 32.2 Å². The number of rotatable bonds is 4. The molecule has 2 amide bonds. The maximum atomic E-state index is 13.7. The highest BCUT2D eigenvalue weighted by Crippen LogP contribution is 2.26. The second-order valence-corrected chi connectivity index (χ2v) is 6.57. The molecule has 1 N–H and O–H groups in total. The number of nitrogens with zero attached hydrogens (tertiary/aromatic N) is 3. The maximum Gasteiger partial charge on any atom is 0.254 e. The van der Waals surface area contributed by atoms with Crippen molar-refractivity contribution in [2.24, 2.45) is 0 Å². The lowest BCUT2D eigenvalue weighted by molar-refractivity contribution is -0.129. The molecule has 26 heavy (non-hydrogen) atoms. The van der Waals surface area contributed by atoms with E-state index >= 15 is 0 Å². The first-order valence-electron chi connectivity index (χ1n) is 8.25. The van der Waals surface area contributed by atoms with Crippen LogP contribution in [0.15, 0.2) is 22.7 Å². The summed E-state index contributed by atoms with van der Waals surface area (Å²) in [4.78, 5) is 29.5. The zero-order chi connectivity index (χ0) is 18.7. The summed E-state index contributed by atoms with van der Waals surface area (Å²) in [7, 11) is 0. The van der Waals surface area contributed by atoms with Crippen LogP contribution in [0.3, 0.4) is 0 Å². The Balaban J connectivity index is 1.56. The number of aromatic nitrogens is 2. The lowest BCUT2D eigenvalue weighted by Gasteiger charge is -2.29. The van der Waals surface area contributed by atoms with Gasteiger partial charge in [-0.2, -0.15) is 4.98 Å². The minimum Gasteiger partial charge on any atom is -0.343 e. The molecule has 9 heteroatoms. The predicted molar refractivity (Wildman–Crippen MR) is 91.1 cm³/mol. The Hall–Kier alpha value is -2.48. The van der Waals surface area contributed by atoms with E-state index in [-0.39, 0.29) is 34.8 Å².